The number of nitrogens with zero attached hydrogens (tertiary/aromatic N) is 1. The molecule has 0 aromatic heterocycles. The number of nitrogens with one attached hydrogen (secondary N) is 1. The van der Waals surface area contributed by atoms with E-state index < -0.39 is 0 Å². The van der Waals surface area contributed by atoms with Gasteiger partial charge in [0, 0.05) is 23.8 Å². The number of hydrogen-bond acceptors (Lipinski definition) is 3. The minimum Gasteiger partial charge on any atom is -0.393 e. The van der Waals surface area contributed by atoms with Crippen LogP contribution in [0.1, 0.15) is 45.1 Å². The largest absolute Gasteiger partial charge is 0.393 e. The highest BCUT2D eigenvalue weighted by atomic mass is 35.5. The molecule has 1 heterocycles. The molecule has 1 aliphatic rings. The normalized spacial score (nSPS) is 16.6. The van der Waals surface area contributed by atoms with Crippen LogP contribution in [0.2, 0.25) is 5.02 Å². The Kier molecular flexibility index (Phi) is 7.47. The number of carbonyl (C=O) groups is 2. The summed E-state index contributed by atoms with van der Waals surface area (Å²) in [5.74, 6) is 0.197. The molecule has 26 heavy (non-hydrogen) atoms. The van der Waals surface area contributed by atoms with Crippen molar-refractivity contribution in [2.24, 2.45) is 11.8 Å². The van der Waals surface area contributed by atoms with E-state index in [0.717, 1.165) is 24.8 Å². The van der Waals surface area contributed by atoms with Gasteiger partial charge in [-0.15, -0.1) is 0 Å². The van der Waals surface area contributed by atoms with Gasteiger partial charge in [-0.05, 0) is 55.7 Å². The zero-order chi connectivity index (χ0) is 19.3. The fourth-order valence-corrected chi connectivity index (χ4v) is 3.51. The van der Waals surface area contributed by atoms with Gasteiger partial charge >= 0.3 is 0 Å². The van der Waals surface area contributed by atoms with Crippen molar-refractivity contribution in [3.05, 3.63) is 28.8 Å². The summed E-state index contributed by atoms with van der Waals surface area (Å²) in [6, 6.07) is 5.28. The van der Waals surface area contributed by atoms with Crippen molar-refractivity contribution in [3.8, 4) is 0 Å². The van der Waals surface area contributed by atoms with E-state index in [1.807, 2.05) is 13.0 Å². The molecule has 1 aromatic rings. The number of hydrogen-bond donors (Lipinski definition) is 2. The molecule has 1 unspecified atom stereocenters. The van der Waals surface area contributed by atoms with Crippen LogP contribution < -0.4 is 5.32 Å². The van der Waals surface area contributed by atoms with E-state index in [1.165, 1.54) is 0 Å². The first-order valence-electron chi connectivity index (χ1n) is 9.28. The van der Waals surface area contributed by atoms with Crippen molar-refractivity contribution < 1.29 is 14.7 Å². The number of aryl methyl sites for hydroxylation is 1. The van der Waals surface area contributed by atoms with Gasteiger partial charge < -0.3 is 15.3 Å². The number of piperidine rings is 1. The number of likely N-dealkylation sites (tertiary alicyclic amines) is 1. The van der Waals surface area contributed by atoms with Crippen LogP contribution in [-0.2, 0) is 9.59 Å². The molecule has 5 nitrogen and oxygen atoms in total. The number of benzene rings is 1. The molecule has 2 rings (SSSR count). The monoisotopic (exact) mass is 380 g/mol. The molecule has 1 fully saturated rings. The van der Waals surface area contributed by atoms with Gasteiger partial charge in [-0.1, -0.05) is 31.5 Å². The average Bonchev–Trinajstić information content (AvgIpc) is 2.57. The first kappa shape index (κ1) is 20.7. The highest BCUT2D eigenvalue weighted by molar-refractivity contribution is 6.31. The van der Waals surface area contributed by atoms with Gasteiger partial charge in [-0.25, -0.2) is 0 Å². The predicted octanol–water partition coefficient (Wildman–Crippen LogP) is 3.62. The molecule has 2 amide bonds. The molecule has 0 bridgehead atoms. The number of carbonyl (C=O) groups excluding carboxylic acids is 2. The predicted molar refractivity (Wildman–Crippen MR) is 104 cm³/mol. The maximum Gasteiger partial charge on any atom is 0.233 e. The molecule has 6 heteroatoms. The van der Waals surface area contributed by atoms with Crippen LogP contribution in [0.15, 0.2) is 18.2 Å². The van der Waals surface area contributed by atoms with E-state index in [9.17, 15) is 14.7 Å². The Bertz CT molecular complexity index is 640. The van der Waals surface area contributed by atoms with E-state index in [0.29, 0.717) is 29.7 Å². The van der Waals surface area contributed by atoms with Crippen LogP contribution in [0.5, 0.6) is 0 Å². The van der Waals surface area contributed by atoms with Gasteiger partial charge in [0.15, 0.2) is 0 Å². The van der Waals surface area contributed by atoms with Crippen LogP contribution >= 0.6 is 11.6 Å². The summed E-state index contributed by atoms with van der Waals surface area (Å²) >= 11 is 6.05. The van der Waals surface area contributed by atoms with Crippen molar-refractivity contribution in [2.75, 3.05) is 18.4 Å². The first-order chi connectivity index (χ1) is 12.3. The quantitative estimate of drug-likeness (QED) is 0.740. The highest BCUT2D eigenvalue weighted by Gasteiger charge is 2.28. The van der Waals surface area contributed by atoms with Gasteiger partial charge in [0.25, 0.3) is 0 Å². The van der Waals surface area contributed by atoms with Crippen LogP contribution in [0.3, 0.4) is 0 Å². The molecule has 2 N–H and O–H groups in total. The summed E-state index contributed by atoms with van der Waals surface area (Å²) in [5.41, 5.74) is 1.53. The summed E-state index contributed by atoms with van der Waals surface area (Å²) in [6.45, 7) is 7.28. The Balaban J connectivity index is 1.79. The van der Waals surface area contributed by atoms with Crippen molar-refractivity contribution in [3.63, 3.8) is 0 Å². The van der Waals surface area contributed by atoms with Crippen LogP contribution in [0.4, 0.5) is 5.69 Å². The summed E-state index contributed by atoms with van der Waals surface area (Å²) in [4.78, 5) is 26.2. The van der Waals surface area contributed by atoms with Crippen LogP contribution in [0, 0.1) is 18.8 Å². The fraction of sp³-hybridized carbons (Fsp3) is 0.600. The Morgan fingerprint density at radius 1 is 1.31 bits per heavy atom. The maximum absolute atomic E-state index is 12.4. The zero-order valence-electron chi connectivity index (χ0n) is 15.8. The van der Waals surface area contributed by atoms with Crippen LogP contribution in [-0.4, -0.2) is 41.0 Å². The minimum absolute atomic E-state index is 0.169. The Hall–Kier alpha value is -1.59. The lowest BCUT2D eigenvalue weighted by molar-refractivity contribution is -0.136. The van der Waals surface area contributed by atoms with Crippen molar-refractivity contribution in [2.45, 2.75) is 52.6 Å². The average molecular weight is 381 g/mol. The Morgan fingerprint density at radius 3 is 2.54 bits per heavy atom. The molecule has 1 saturated heterocycles. The van der Waals surface area contributed by atoms with Crippen LogP contribution in [0.25, 0.3) is 0 Å². The first-order valence-corrected chi connectivity index (χ1v) is 9.66. The Morgan fingerprint density at radius 2 is 1.96 bits per heavy atom. The van der Waals surface area contributed by atoms with E-state index in [1.54, 1.807) is 17.0 Å². The second-order valence-electron chi connectivity index (χ2n) is 7.60. The van der Waals surface area contributed by atoms with Crippen molar-refractivity contribution >= 4 is 29.1 Å². The van der Waals surface area contributed by atoms with E-state index in [2.05, 4.69) is 19.2 Å². The van der Waals surface area contributed by atoms with E-state index in [-0.39, 0.29) is 30.3 Å². The maximum atomic E-state index is 12.4. The smallest absolute Gasteiger partial charge is 0.233 e. The van der Waals surface area contributed by atoms with Gasteiger partial charge in [0.05, 0.1) is 6.10 Å². The standard InChI is InChI=1S/C20H29ClN2O3/c1-13(2)10-18(24)15-6-8-23(9-7-15)20(26)12-19(25)22-16-5-4-14(3)17(21)11-16/h4-5,11,13,15,18,24H,6-10,12H2,1-3H3,(H,22,25). The number of halogens is 1. The number of amides is 2. The number of anilines is 1. The lowest BCUT2D eigenvalue weighted by Gasteiger charge is -2.34. The molecule has 0 aliphatic carbocycles. The Labute approximate surface area is 160 Å². The SMILES string of the molecule is Cc1ccc(NC(=O)CC(=O)N2CCC(C(O)CC(C)C)CC2)cc1Cl. The molecule has 144 valence electrons. The number of aliphatic hydroxyl groups excluding tert-OH is 1. The fourth-order valence-electron chi connectivity index (χ4n) is 3.33. The highest BCUT2D eigenvalue weighted by Crippen LogP contribution is 2.25. The molecule has 0 spiro atoms. The van der Waals surface area contributed by atoms with Crippen molar-refractivity contribution in [1.29, 1.82) is 0 Å². The summed E-state index contributed by atoms with van der Waals surface area (Å²) in [6.07, 6.45) is 1.89. The molecular formula is C20H29ClN2O3. The third-order valence-electron chi connectivity index (χ3n) is 4.92. The second kappa shape index (κ2) is 9.38. The number of rotatable bonds is 6. The van der Waals surface area contributed by atoms with E-state index in [4.69, 9.17) is 11.6 Å². The lowest BCUT2D eigenvalue weighted by Crippen LogP contribution is -2.42. The topological polar surface area (TPSA) is 69.6 Å². The molecule has 0 saturated carbocycles. The number of aliphatic hydroxyl groups is 1. The molecule has 1 atom stereocenters. The third-order valence-corrected chi connectivity index (χ3v) is 5.32. The van der Waals surface area contributed by atoms with E-state index >= 15 is 0 Å². The third kappa shape index (κ3) is 5.99. The summed E-state index contributed by atoms with van der Waals surface area (Å²) in [5, 5.41) is 13.5. The minimum atomic E-state index is -0.336. The van der Waals surface area contributed by atoms with Gasteiger partial charge in [-0.2, -0.15) is 0 Å². The van der Waals surface area contributed by atoms with Crippen molar-refractivity contribution in [1.82, 2.24) is 4.90 Å². The second-order valence-corrected chi connectivity index (χ2v) is 8.01. The molecular weight excluding hydrogens is 352 g/mol. The molecule has 0 radical (unpaired) electrons. The summed E-state index contributed by atoms with van der Waals surface area (Å²) < 4.78 is 0. The summed E-state index contributed by atoms with van der Waals surface area (Å²) in [7, 11) is 0. The molecule has 1 aliphatic heterocycles. The lowest BCUT2D eigenvalue weighted by atomic mass is 9.87. The zero-order valence-corrected chi connectivity index (χ0v) is 16.6. The van der Waals surface area contributed by atoms with Gasteiger partial charge in [0.1, 0.15) is 6.42 Å². The van der Waals surface area contributed by atoms with Gasteiger partial charge in [-0.3, -0.25) is 9.59 Å². The molecule has 1 aromatic carbocycles. The van der Waals surface area contributed by atoms with Gasteiger partial charge in [0.2, 0.25) is 11.8 Å².